The smallest absolute Gasteiger partial charge is 0.330 e. The molecule has 17 heavy (non-hydrogen) atoms. The summed E-state index contributed by atoms with van der Waals surface area (Å²) in [6.45, 7) is 5.26. The summed E-state index contributed by atoms with van der Waals surface area (Å²) >= 11 is 0. The fraction of sp³-hybridized carbons (Fsp3) is 0.769. The van der Waals surface area contributed by atoms with Crippen molar-refractivity contribution in [1.29, 1.82) is 0 Å². The molecule has 0 amide bonds. The Labute approximate surface area is 104 Å². The molecular weight excluding hydrogens is 220 g/mol. The standard InChI is InChI=1S/C9H20O2.C4H6O2/c10-8-6-4-2-1-3-5-7-9-11;1-3(2)4(5)6/h10-11H,1-9H2;1H2,2H3,(H,5,6). The van der Waals surface area contributed by atoms with Gasteiger partial charge in [0.15, 0.2) is 0 Å². The first-order chi connectivity index (χ1) is 8.06. The number of rotatable bonds is 9. The predicted molar refractivity (Wildman–Crippen MR) is 68.9 cm³/mol. The van der Waals surface area contributed by atoms with Crippen LogP contribution in [0.2, 0.25) is 0 Å². The highest BCUT2D eigenvalue weighted by atomic mass is 16.4. The molecule has 0 spiro atoms. The van der Waals surface area contributed by atoms with Crippen LogP contribution in [-0.2, 0) is 4.79 Å². The molecule has 0 aliphatic rings. The van der Waals surface area contributed by atoms with Crippen LogP contribution in [0.15, 0.2) is 12.2 Å². The lowest BCUT2D eigenvalue weighted by atomic mass is 10.1. The third kappa shape index (κ3) is 21.1. The van der Waals surface area contributed by atoms with Crippen molar-refractivity contribution in [2.24, 2.45) is 0 Å². The van der Waals surface area contributed by atoms with Gasteiger partial charge in [0.25, 0.3) is 0 Å². The molecule has 0 atom stereocenters. The Kier molecular flexibility index (Phi) is 16.5. The molecule has 0 aliphatic carbocycles. The fourth-order valence-corrected chi connectivity index (χ4v) is 1.11. The number of hydrogen-bond acceptors (Lipinski definition) is 3. The Morgan fingerprint density at radius 3 is 1.29 bits per heavy atom. The van der Waals surface area contributed by atoms with Gasteiger partial charge in [-0.1, -0.05) is 38.7 Å². The van der Waals surface area contributed by atoms with Crippen molar-refractivity contribution in [3.63, 3.8) is 0 Å². The minimum Gasteiger partial charge on any atom is -0.478 e. The Hall–Kier alpha value is -0.870. The van der Waals surface area contributed by atoms with E-state index >= 15 is 0 Å². The van der Waals surface area contributed by atoms with Gasteiger partial charge in [0.05, 0.1) is 0 Å². The molecule has 0 unspecified atom stereocenters. The number of carboxylic acid groups (broad SMARTS) is 1. The molecule has 102 valence electrons. The molecule has 0 aromatic heterocycles. The molecule has 0 radical (unpaired) electrons. The highest BCUT2D eigenvalue weighted by Crippen LogP contribution is 2.06. The van der Waals surface area contributed by atoms with Crippen LogP contribution >= 0.6 is 0 Å². The molecule has 0 fully saturated rings. The lowest BCUT2D eigenvalue weighted by Crippen LogP contribution is -1.92. The van der Waals surface area contributed by atoms with E-state index in [4.69, 9.17) is 15.3 Å². The summed E-state index contributed by atoms with van der Waals surface area (Å²) in [5.41, 5.74) is 0.176. The van der Waals surface area contributed by atoms with Gasteiger partial charge >= 0.3 is 5.97 Å². The van der Waals surface area contributed by atoms with Crippen LogP contribution in [0.3, 0.4) is 0 Å². The molecule has 0 bridgehead atoms. The molecule has 4 heteroatoms. The monoisotopic (exact) mass is 246 g/mol. The Morgan fingerprint density at radius 2 is 1.12 bits per heavy atom. The number of hydrogen-bond donors (Lipinski definition) is 3. The Morgan fingerprint density at radius 1 is 0.882 bits per heavy atom. The molecule has 3 N–H and O–H groups in total. The van der Waals surface area contributed by atoms with E-state index < -0.39 is 5.97 Å². The van der Waals surface area contributed by atoms with Crippen molar-refractivity contribution in [3.8, 4) is 0 Å². The van der Waals surface area contributed by atoms with Crippen molar-refractivity contribution in [1.82, 2.24) is 0 Å². The summed E-state index contributed by atoms with van der Waals surface area (Å²) < 4.78 is 0. The highest BCUT2D eigenvalue weighted by molar-refractivity contribution is 5.84. The zero-order valence-corrected chi connectivity index (χ0v) is 10.8. The zero-order chi connectivity index (χ0) is 13.5. The molecular formula is C13H26O4. The van der Waals surface area contributed by atoms with Gasteiger partial charge in [-0.05, 0) is 19.8 Å². The Bertz CT molecular complexity index is 170. The number of carbonyl (C=O) groups is 1. The van der Waals surface area contributed by atoms with E-state index in [-0.39, 0.29) is 5.57 Å². The summed E-state index contributed by atoms with van der Waals surface area (Å²) in [5.74, 6) is -0.935. The average molecular weight is 246 g/mol. The van der Waals surface area contributed by atoms with Crippen molar-refractivity contribution in [3.05, 3.63) is 12.2 Å². The maximum absolute atomic E-state index is 9.60. The van der Waals surface area contributed by atoms with E-state index in [2.05, 4.69) is 6.58 Å². The first-order valence-corrected chi connectivity index (χ1v) is 6.16. The SMILES string of the molecule is C=C(C)C(=O)O.OCCCCCCCCCO. The lowest BCUT2D eigenvalue weighted by Gasteiger charge is -1.98. The van der Waals surface area contributed by atoms with Gasteiger partial charge in [0.2, 0.25) is 0 Å². The first kappa shape index (κ1) is 18.5. The number of unbranched alkanes of at least 4 members (excludes halogenated alkanes) is 6. The van der Waals surface area contributed by atoms with Gasteiger partial charge < -0.3 is 15.3 Å². The van der Waals surface area contributed by atoms with Gasteiger partial charge in [0.1, 0.15) is 0 Å². The number of aliphatic carboxylic acids is 1. The second-order valence-corrected chi connectivity index (χ2v) is 4.01. The van der Waals surface area contributed by atoms with Crippen LogP contribution in [-0.4, -0.2) is 34.5 Å². The first-order valence-electron chi connectivity index (χ1n) is 6.16. The van der Waals surface area contributed by atoms with E-state index in [1.807, 2.05) is 0 Å². The van der Waals surface area contributed by atoms with Crippen molar-refractivity contribution < 1.29 is 20.1 Å². The van der Waals surface area contributed by atoms with E-state index in [0.29, 0.717) is 13.2 Å². The second-order valence-electron chi connectivity index (χ2n) is 4.01. The van der Waals surface area contributed by atoms with E-state index in [1.165, 1.54) is 26.2 Å². The van der Waals surface area contributed by atoms with Crippen molar-refractivity contribution >= 4 is 5.97 Å². The second kappa shape index (κ2) is 15.1. The zero-order valence-electron chi connectivity index (χ0n) is 10.8. The molecule has 0 rings (SSSR count). The fourth-order valence-electron chi connectivity index (χ4n) is 1.11. The largest absolute Gasteiger partial charge is 0.478 e. The quantitative estimate of drug-likeness (QED) is 0.431. The average Bonchev–Trinajstić information content (AvgIpc) is 2.29. The van der Waals surface area contributed by atoms with Crippen molar-refractivity contribution in [2.75, 3.05) is 13.2 Å². The maximum atomic E-state index is 9.60. The molecule has 4 nitrogen and oxygen atoms in total. The van der Waals surface area contributed by atoms with Crippen LogP contribution in [0.1, 0.15) is 51.9 Å². The molecule has 0 aromatic rings. The van der Waals surface area contributed by atoms with E-state index in [1.54, 1.807) is 0 Å². The normalized spacial score (nSPS) is 9.35. The molecule has 0 aliphatic heterocycles. The van der Waals surface area contributed by atoms with Crippen LogP contribution in [0, 0.1) is 0 Å². The predicted octanol–water partition coefficient (Wildman–Crippen LogP) is 2.35. The Balaban J connectivity index is 0. The number of aliphatic hydroxyl groups is 2. The maximum Gasteiger partial charge on any atom is 0.330 e. The van der Waals surface area contributed by atoms with Crippen LogP contribution in [0.5, 0.6) is 0 Å². The van der Waals surface area contributed by atoms with Crippen LogP contribution in [0.25, 0.3) is 0 Å². The van der Waals surface area contributed by atoms with Gasteiger partial charge in [0, 0.05) is 18.8 Å². The third-order valence-electron chi connectivity index (χ3n) is 2.18. The van der Waals surface area contributed by atoms with Gasteiger partial charge in [-0.25, -0.2) is 4.79 Å². The minimum atomic E-state index is -0.935. The van der Waals surface area contributed by atoms with Crippen LogP contribution in [0.4, 0.5) is 0 Å². The lowest BCUT2D eigenvalue weighted by molar-refractivity contribution is -0.132. The topological polar surface area (TPSA) is 77.8 Å². The number of carboxylic acids is 1. The van der Waals surface area contributed by atoms with Crippen molar-refractivity contribution in [2.45, 2.75) is 51.9 Å². The van der Waals surface area contributed by atoms with Gasteiger partial charge in [-0.3, -0.25) is 0 Å². The summed E-state index contributed by atoms with van der Waals surface area (Å²) in [5, 5.41) is 24.8. The highest BCUT2D eigenvalue weighted by Gasteiger charge is 1.90. The minimum absolute atomic E-state index is 0.176. The van der Waals surface area contributed by atoms with E-state index in [9.17, 15) is 4.79 Å². The molecule has 0 saturated carbocycles. The number of aliphatic hydroxyl groups excluding tert-OH is 2. The molecule has 0 aromatic carbocycles. The van der Waals surface area contributed by atoms with Gasteiger partial charge in [-0.2, -0.15) is 0 Å². The van der Waals surface area contributed by atoms with E-state index in [0.717, 1.165) is 25.7 Å². The summed E-state index contributed by atoms with van der Waals surface area (Å²) in [6, 6.07) is 0. The summed E-state index contributed by atoms with van der Waals surface area (Å²) in [6.07, 6.45) is 7.89. The molecule has 0 saturated heterocycles. The summed E-state index contributed by atoms with van der Waals surface area (Å²) in [7, 11) is 0. The molecule has 0 heterocycles. The summed E-state index contributed by atoms with van der Waals surface area (Å²) in [4.78, 5) is 9.60. The van der Waals surface area contributed by atoms with Crippen LogP contribution < -0.4 is 0 Å². The third-order valence-corrected chi connectivity index (χ3v) is 2.18. The van der Waals surface area contributed by atoms with Gasteiger partial charge in [-0.15, -0.1) is 0 Å².